The minimum atomic E-state index is -0.729. The van der Waals surface area contributed by atoms with Crippen LogP contribution >= 0.6 is 24.8 Å². The van der Waals surface area contributed by atoms with Gasteiger partial charge in [0, 0.05) is 56.1 Å². The van der Waals surface area contributed by atoms with Crippen molar-refractivity contribution in [3.63, 3.8) is 0 Å². The molecule has 8 nitrogen and oxygen atoms in total. The molecule has 36 heavy (non-hydrogen) atoms. The fourth-order valence-corrected chi connectivity index (χ4v) is 3.69. The molecule has 1 amide bonds. The molecule has 0 radical (unpaired) electrons. The largest absolute Gasteiger partial charge is 0.448 e. The van der Waals surface area contributed by atoms with Crippen LogP contribution in [-0.4, -0.2) is 60.1 Å². The highest BCUT2D eigenvalue weighted by atomic mass is 35.5. The summed E-state index contributed by atoms with van der Waals surface area (Å²) in [7, 11) is 0. The van der Waals surface area contributed by atoms with Gasteiger partial charge < -0.3 is 10.1 Å². The van der Waals surface area contributed by atoms with Crippen LogP contribution in [0.3, 0.4) is 0 Å². The summed E-state index contributed by atoms with van der Waals surface area (Å²) >= 11 is 0. The summed E-state index contributed by atoms with van der Waals surface area (Å²) in [6.07, 6.45) is -0.558. The number of aromatic nitrogens is 2. The average molecular weight is 542 g/mol. The predicted molar refractivity (Wildman–Crippen MR) is 138 cm³/mol. The van der Waals surface area contributed by atoms with E-state index in [4.69, 9.17) is 4.74 Å². The number of ether oxygens (including phenoxy) is 1. The lowest BCUT2D eigenvalue weighted by molar-refractivity contribution is 0.134. The van der Waals surface area contributed by atoms with Gasteiger partial charge in [0.2, 0.25) is 0 Å². The van der Waals surface area contributed by atoms with E-state index in [1.54, 1.807) is 24.3 Å². The molecule has 1 aliphatic rings. The predicted octanol–water partition coefficient (Wildman–Crippen LogP) is 3.53. The third-order valence-electron chi connectivity index (χ3n) is 5.38. The van der Waals surface area contributed by atoms with E-state index in [1.165, 1.54) is 16.8 Å². The number of halogens is 4. The van der Waals surface area contributed by atoms with Crippen LogP contribution in [0.15, 0.2) is 59.4 Å². The summed E-state index contributed by atoms with van der Waals surface area (Å²) in [5.74, 6) is -1.46. The topological polar surface area (TPSA) is 88.5 Å². The maximum atomic E-state index is 13.6. The van der Waals surface area contributed by atoms with Gasteiger partial charge >= 0.3 is 6.09 Å². The van der Waals surface area contributed by atoms with Crippen molar-refractivity contribution in [2.24, 2.45) is 0 Å². The minimum Gasteiger partial charge on any atom is -0.448 e. The molecular weight excluding hydrogens is 515 g/mol. The van der Waals surface area contributed by atoms with E-state index in [2.05, 4.69) is 20.6 Å². The second-order valence-corrected chi connectivity index (χ2v) is 7.93. The number of anilines is 1. The van der Waals surface area contributed by atoms with Crippen LogP contribution in [0.4, 0.5) is 19.3 Å². The summed E-state index contributed by atoms with van der Waals surface area (Å²) in [4.78, 5) is 26.7. The Kier molecular flexibility index (Phi) is 11.3. The molecule has 12 heteroatoms. The lowest BCUT2D eigenvalue weighted by atomic mass is 10.1. The molecule has 4 rings (SSSR count). The van der Waals surface area contributed by atoms with Crippen molar-refractivity contribution in [3.8, 4) is 11.3 Å². The Morgan fingerprint density at radius 1 is 1.03 bits per heavy atom. The maximum absolute atomic E-state index is 13.6. The fraction of sp³-hybridized carbons (Fsp3) is 0.292. The number of benzene rings is 2. The smallest absolute Gasteiger partial charge is 0.411 e. The monoisotopic (exact) mass is 541 g/mol. The molecule has 0 unspecified atom stereocenters. The lowest BCUT2D eigenvalue weighted by Crippen LogP contribution is -2.44. The maximum Gasteiger partial charge on any atom is 0.411 e. The molecule has 3 aromatic rings. The molecule has 1 saturated heterocycles. The number of hydrogen-bond acceptors (Lipinski definition) is 6. The molecule has 1 aliphatic heterocycles. The first kappa shape index (κ1) is 29.2. The van der Waals surface area contributed by atoms with E-state index in [-0.39, 0.29) is 54.8 Å². The van der Waals surface area contributed by atoms with E-state index >= 15 is 0 Å². The second-order valence-electron chi connectivity index (χ2n) is 7.93. The van der Waals surface area contributed by atoms with Crippen LogP contribution in [-0.2, 0) is 11.3 Å². The highest BCUT2D eigenvalue weighted by molar-refractivity contribution is 5.86. The van der Waals surface area contributed by atoms with Gasteiger partial charge in [-0.2, -0.15) is 5.10 Å². The van der Waals surface area contributed by atoms with Crippen molar-refractivity contribution in [2.75, 3.05) is 44.6 Å². The standard InChI is InChI=1S/C24H25F2N5O3.2ClH/c25-19-13-18(14-20(26)15-19)22-4-5-23(32)31(29-22)16-17-2-1-3-21(12-17)28-24(33)34-11-10-30-8-6-27-7-9-30;;/h1-5,12-15,27H,6-11,16H2,(H,28,33);2*1H. The van der Waals surface area contributed by atoms with Gasteiger partial charge in [0.15, 0.2) is 0 Å². The van der Waals surface area contributed by atoms with Crippen molar-refractivity contribution in [1.29, 1.82) is 0 Å². The Bertz CT molecular complexity index is 1200. The molecule has 2 aromatic carbocycles. The number of amides is 1. The third kappa shape index (κ3) is 8.27. The highest BCUT2D eigenvalue weighted by Gasteiger charge is 2.11. The Balaban J connectivity index is 0.00000228. The zero-order chi connectivity index (χ0) is 23.9. The molecule has 1 aromatic heterocycles. The molecule has 0 spiro atoms. The molecule has 0 bridgehead atoms. The van der Waals surface area contributed by atoms with Gasteiger partial charge in [-0.05, 0) is 35.9 Å². The normalized spacial score (nSPS) is 13.3. The third-order valence-corrected chi connectivity index (χ3v) is 5.38. The molecule has 0 aliphatic carbocycles. The Labute approximate surface area is 219 Å². The number of carbonyl (C=O) groups excluding carboxylic acids is 1. The summed E-state index contributed by atoms with van der Waals surface area (Å²) in [5, 5.41) is 10.2. The summed E-state index contributed by atoms with van der Waals surface area (Å²) < 4.78 is 33.6. The number of carbonyl (C=O) groups is 1. The van der Waals surface area contributed by atoms with Gasteiger partial charge in [-0.25, -0.2) is 18.3 Å². The van der Waals surface area contributed by atoms with E-state index in [0.29, 0.717) is 17.8 Å². The number of hydrogen-bond donors (Lipinski definition) is 2. The molecular formula is C24H27Cl2F2N5O3. The van der Waals surface area contributed by atoms with E-state index in [0.717, 1.165) is 44.4 Å². The molecule has 0 saturated carbocycles. The molecule has 194 valence electrons. The van der Waals surface area contributed by atoms with E-state index < -0.39 is 17.7 Å². The van der Waals surface area contributed by atoms with Gasteiger partial charge in [-0.3, -0.25) is 15.0 Å². The van der Waals surface area contributed by atoms with Crippen molar-refractivity contribution in [2.45, 2.75) is 6.54 Å². The van der Waals surface area contributed by atoms with Crippen molar-refractivity contribution < 1.29 is 18.3 Å². The zero-order valence-electron chi connectivity index (χ0n) is 19.3. The van der Waals surface area contributed by atoms with Gasteiger partial charge in [0.1, 0.15) is 18.2 Å². The summed E-state index contributed by atoms with van der Waals surface area (Å²) in [6.45, 7) is 4.79. The molecule has 2 N–H and O–H groups in total. The number of nitrogens with zero attached hydrogens (tertiary/aromatic N) is 3. The summed E-state index contributed by atoms with van der Waals surface area (Å²) in [6, 6.07) is 12.7. The van der Waals surface area contributed by atoms with Crippen LogP contribution in [0.1, 0.15) is 5.56 Å². The quantitative estimate of drug-likeness (QED) is 0.475. The molecule has 0 atom stereocenters. The Morgan fingerprint density at radius 3 is 2.47 bits per heavy atom. The SMILES string of the molecule is Cl.Cl.O=C(Nc1cccc(Cn2nc(-c3cc(F)cc(F)c3)ccc2=O)c1)OCCN1CCNCC1. The highest BCUT2D eigenvalue weighted by Crippen LogP contribution is 2.19. The zero-order valence-corrected chi connectivity index (χ0v) is 20.9. The Hall–Kier alpha value is -3.05. The number of rotatable bonds is 7. The van der Waals surface area contributed by atoms with Gasteiger partial charge in [0.25, 0.3) is 5.56 Å². The first-order valence-corrected chi connectivity index (χ1v) is 11.0. The first-order valence-electron chi connectivity index (χ1n) is 11.0. The summed E-state index contributed by atoms with van der Waals surface area (Å²) in [5.41, 5.74) is 1.34. The van der Waals surface area contributed by atoms with E-state index in [1.807, 2.05) is 0 Å². The van der Waals surface area contributed by atoms with Crippen LogP contribution in [0.5, 0.6) is 0 Å². The average Bonchev–Trinajstić information content (AvgIpc) is 2.81. The fourth-order valence-electron chi connectivity index (χ4n) is 3.69. The van der Waals surface area contributed by atoms with Crippen LogP contribution in [0, 0.1) is 11.6 Å². The van der Waals surface area contributed by atoms with Gasteiger partial charge in [-0.1, -0.05) is 12.1 Å². The number of piperazine rings is 1. The van der Waals surface area contributed by atoms with Crippen molar-refractivity contribution in [1.82, 2.24) is 20.0 Å². The first-order chi connectivity index (χ1) is 16.5. The molecule has 1 fully saturated rings. The van der Waals surface area contributed by atoms with Crippen LogP contribution in [0.2, 0.25) is 0 Å². The van der Waals surface area contributed by atoms with Gasteiger partial charge in [0.05, 0.1) is 12.2 Å². The Morgan fingerprint density at radius 2 is 1.75 bits per heavy atom. The van der Waals surface area contributed by atoms with Crippen molar-refractivity contribution >= 4 is 36.6 Å². The molecule has 2 heterocycles. The van der Waals surface area contributed by atoms with Crippen LogP contribution < -0.4 is 16.2 Å². The van der Waals surface area contributed by atoms with Gasteiger partial charge in [-0.15, -0.1) is 24.8 Å². The number of nitrogens with one attached hydrogen (secondary N) is 2. The van der Waals surface area contributed by atoms with Crippen LogP contribution in [0.25, 0.3) is 11.3 Å². The van der Waals surface area contributed by atoms with Crippen molar-refractivity contribution in [3.05, 3.63) is 82.1 Å². The van der Waals surface area contributed by atoms with E-state index in [9.17, 15) is 18.4 Å². The second kappa shape index (κ2) is 13.9. The minimum absolute atomic E-state index is 0. The lowest BCUT2D eigenvalue weighted by Gasteiger charge is -2.26.